The summed E-state index contributed by atoms with van der Waals surface area (Å²) in [6.07, 6.45) is 5.32. The predicted octanol–water partition coefficient (Wildman–Crippen LogP) is 3.30. The molecule has 25 heavy (non-hydrogen) atoms. The van der Waals surface area contributed by atoms with Crippen molar-refractivity contribution in [3.8, 4) is 11.4 Å². The maximum atomic E-state index is 11.6. The van der Waals surface area contributed by atoms with Gasteiger partial charge in [-0.15, -0.1) is 0 Å². The van der Waals surface area contributed by atoms with Crippen molar-refractivity contribution in [1.82, 2.24) is 9.55 Å². The van der Waals surface area contributed by atoms with E-state index in [1.165, 1.54) is 0 Å². The van der Waals surface area contributed by atoms with Crippen LogP contribution in [0.2, 0.25) is 0 Å². The Labute approximate surface area is 143 Å². The maximum absolute atomic E-state index is 11.6. The van der Waals surface area contributed by atoms with E-state index in [2.05, 4.69) is 4.98 Å². The van der Waals surface area contributed by atoms with E-state index < -0.39 is 5.91 Å². The van der Waals surface area contributed by atoms with Crippen LogP contribution in [0.15, 0.2) is 71.7 Å². The average Bonchev–Trinajstić information content (AvgIpc) is 3.28. The molecule has 2 aromatic heterocycles. The number of carbonyl (C=O) groups excluding carboxylic acids is 1. The summed E-state index contributed by atoms with van der Waals surface area (Å²) >= 11 is 0. The second kappa shape index (κ2) is 6.16. The van der Waals surface area contributed by atoms with Crippen LogP contribution in [0, 0.1) is 0 Å². The molecular weight excluding hydrogens is 318 g/mol. The van der Waals surface area contributed by atoms with E-state index in [0.717, 1.165) is 11.1 Å². The molecule has 0 bridgehead atoms. The topological polar surface area (TPSA) is 83.3 Å². The number of benzene rings is 2. The smallest absolute Gasteiger partial charge is 0.284 e. The molecule has 6 heteroatoms. The van der Waals surface area contributed by atoms with Gasteiger partial charge in [-0.1, -0.05) is 18.2 Å². The van der Waals surface area contributed by atoms with Crippen molar-refractivity contribution in [3.63, 3.8) is 0 Å². The van der Waals surface area contributed by atoms with Gasteiger partial charge in [0.25, 0.3) is 5.91 Å². The molecule has 0 saturated carbocycles. The Morgan fingerprint density at radius 1 is 1.16 bits per heavy atom. The average molecular weight is 333 g/mol. The molecule has 2 heterocycles. The summed E-state index contributed by atoms with van der Waals surface area (Å²) in [6.45, 7) is 0.194. The van der Waals surface area contributed by atoms with Gasteiger partial charge in [0, 0.05) is 29.0 Å². The Kier molecular flexibility index (Phi) is 3.70. The van der Waals surface area contributed by atoms with E-state index >= 15 is 0 Å². The molecule has 4 aromatic rings. The fourth-order valence-electron chi connectivity index (χ4n) is 2.72. The quantitative estimate of drug-likeness (QED) is 0.607. The van der Waals surface area contributed by atoms with Gasteiger partial charge in [0.15, 0.2) is 5.76 Å². The van der Waals surface area contributed by atoms with Crippen LogP contribution >= 0.6 is 0 Å². The van der Waals surface area contributed by atoms with Gasteiger partial charge in [0.2, 0.25) is 0 Å². The van der Waals surface area contributed by atoms with Crippen molar-refractivity contribution in [2.24, 2.45) is 5.73 Å². The number of aromatic nitrogens is 2. The number of carbonyl (C=O) groups is 1. The summed E-state index contributed by atoms with van der Waals surface area (Å²) < 4.78 is 13.3. The number of nitrogens with two attached hydrogens (primary N) is 1. The molecule has 124 valence electrons. The van der Waals surface area contributed by atoms with Gasteiger partial charge in [-0.25, -0.2) is 4.98 Å². The Bertz CT molecular complexity index is 1020. The fourth-order valence-corrected chi connectivity index (χ4v) is 2.72. The number of primary amides is 1. The Hall–Kier alpha value is -3.54. The van der Waals surface area contributed by atoms with E-state index in [0.29, 0.717) is 16.9 Å². The number of hydrogen-bond donors (Lipinski definition) is 1. The van der Waals surface area contributed by atoms with Gasteiger partial charge in [-0.2, -0.15) is 0 Å². The van der Waals surface area contributed by atoms with Crippen LogP contribution in [0.25, 0.3) is 16.7 Å². The van der Waals surface area contributed by atoms with Crippen LogP contribution in [0.5, 0.6) is 5.75 Å². The first kappa shape index (κ1) is 15.0. The van der Waals surface area contributed by atoms with Crippen LogP contribution in [0.3, 0.4) is 0 Å². The fraction of sp³-hybridized carbons (Fsp3) is 0.0526. The minimum absolute atomic E-state index is 0.135. The standard InChI is InChI=1S/C19H15N3O3/c20-19(23)18-16(15-3-1-2-4-17(15)25-18)11-24-14-7-5-13(6-8-14)22-10-9-21-12-22/h1-10,12H,11H2,(H2,20,23). The van der Waals surface area contributed by atoms with Gasteiger partial charge in [-0.05, 0) is 30.3 Å². The molecule has 1 amide bonds. The highest BCUT2D eigenvalue weighted by Crippen LogP contribution is 2.27. The predicted molar refractivity (Wildman–Crippen MR) is 92.6 cm³/mol. The summed E-state index contributed by atoms with van der Waals surface area (Å²) in [5.74, 6) is 0.214. The van der Waals surface area contributed by atoms with Crippen LogP contribution < -0.4 is 10.5 Å². The zero-order chi connectivity index (χ0) is 17.2. The maximum Gasteiger partial charge on any atom is 0.284 e. The lowest BCUT2D eigenvalue weighted by molar-refractivity contribution is 0.0972. The van der Waals surface area contributed by atoms with Gasteiger partial charge < -0.3 is 19.5 Å². The number of nitrogens with zero attached hydrogens (tertiary/aromatic N) is 2. The van der Waals surface area contributed by atoms with Crippen molar-refractivity contribution in [1.29, 1.82) is 0 Å². The van der Waals surface area contributed by atoms with Gasteiger partial charge in [0.1, 0.15) is 17.9 Å². The summed E-state index contributed by atoms with van der Waals surface area (Å²) in [4.78, 5) is 15.7. The zero-order valence-corrected chi connectivity index (χ0v) is 13.3. The van der Waals surface area contributed by atoms with Crippen LogP contribution in [0.1, 0.15) is 16.1 Å². The molecule has 4 rings (SSSR count). The van der Waals surface area contributed by atoms with Crippen molar-refractivity contribution < 1.29 is 13.9 Å². The molecule has 0 unspecified atom stereocenters. The van der Waals surface area contributed by atoms with Crippen LogP contribution in [-0.4, -0.2) is 15.5 Å². The molecule has 0 aliphatic rings. The van der Waals surface area contributed by atoms with Crippen LogP contribution in [0.4, 0.5) is 0 Å². The van der Waals surface area contributed by atoms with Crippen molar-refractivity contribution in [3.05, 3.63) is 78.6 Å². The third kappa shape index (κ3) is 2.85. The molecule has 0 radical (unpaired) electrons. The van der Waals surface area contributed by atoms with E-state index in [4.69, 9.17) is 14.9 Å². The molecule has 0 fully saturated rings. The largest absolute Gasteiger partial charge is 0.489 e. The molecular formula is C19H15N3O3. The SMILES string of the molecule is NC(=O)c1oc2ccccc2c1COc1ccc(-n2ccnc2)cc1. The first-order chi connectivity index (χ1) is 12.2. The third-order valence-electron chi connectivity index (χ3n) is 3.94. The first-order valence-electron chi connectivity index (χ1n) is 7.74. The van der Waals surface area contributed by atoms with Crippen molar-refractivity contribution in [2.45, 2.75) is 6.61 Å². The lowest BCUT2D eigenvalue weighted by Crippen LogP contribution is -2.13. The molecule has 2 aromatic carbocycles. The number of furan rings is 1. The van der Waals surface area contributed by atoms with E-state index in [-0.39, 0.29) is 12.4 Å². The Morgan fingerprint density at radius 2 is 1.96 bits per heavy atom. The second-order valence-electron chi connectivity index (χ2n) is 5.52. The minimum atomic E-state index is -0.606. The number of fused-ring (bicyclic) bond motifs is 1. The molecule has 6 nitrogen and oxygen atoms in total. The van der Waals surface area contributed by atoms with E-state index in [1.54, 1.807) is 18.6 Å². The summed E-state index contributed by atoms with van der Waals surface area (Å²) in [5, 5.41) is 0.825. The minimum Gasteiger partial charge on any atom is -0.489 e. The highest BCUT2D eigenvalue weighted by Gasteiger charge is 2.18. The number of ether oxygens (including phenoxy) is 1. The number of imidazole rings is 1. The van der Waals surface area contributed by atoms with Gasteiger partial charge in [-0.3, -0.25) is 4.79 Å². The lowest BCUT2D eigenvalue weighted by Gasteiger charge is -2.08. The highest BCUT2D eigenvalue weighted by molar-refractivity contribution is 5.98. The van der Waals surface area contributed by atoms with E-state index in [1.807, 2.05) is 53.2 Å². The van der Waals surface area contributed by atoms with Crippen molar-refractivity contribution in [2.75, 3.05) is 0 Å². The monoisotopic (exact) mass is 333 g/mol. The summed E-state index contributed by atoms with van der Waals surface area (Å²) in [6, 6.07) is 15.0. The van der Waals surface area contributed by atoms with Gasteiger partial charge >= 0.3 is 0 Å². The van der Waals surface area contributed by atoms with Crippen LogP contribution in [-0.2, 0) is 6.61 Å². The first-order valence-corrected chi connectivity index (χ1v) is 7.74. The van der Waals surface area contributed by atoms with E-state index in [9.17, 15) is 4.79 Å². The Morgan fingerprint density at radius 3 is 2.68 bits per heavy atom. The van der Waals surface area contributed by atoms with Crippen molar-refractivity contribution >= 4 is 16.9 Å². The molecule has 0 atom stereocenters. The Balaban J connectivity index is 1.58. The lowest BCUT2D eigenvalue weighted by atomic mass is 10.1. The third-order valence-corrected chi connectivity index (χ3v) is 3.94. The molecule has 0 aliphatic heterocycles. The molecule has 0 spiro atoms. The molecule has 0 aliphatic carbocycles. The molecule has 0 saturated heterocycles. The summed E-state index contributed by atoms with van der Waals surface area (Å²) in [7, 11) is 0. The number of amides is 1. The summed E-state index contributed by atoms with van der Waals surface area (Å²) in [5.41, 5.74) is 7.68. The number of rotatable bonds is 5. The zero-order valence-electron chi connectivity index (χ0n) is 13.3. The highest BCUT2D eigenvalue weighted by atomic mass is 16.5. The molecule has 2 N–H and O–H groups in total. The number of hydrogen-bond acceptors (Lipinski definition) is 4. The van der Waals surface area contributed by atoms with Gasteiger partial charge in [0.05, 0.1) is 6.33 Å². The normalized spacial score (nSPS) is 10.9. The number of para-hydroxylation sites is 1. The second-order valence-corrected chi connectivity index (χ2v) is 5.52.